The lowest BCUT2D eigenvalue weighted by atomic mass is 10.4. The first-order chi connectivity index (χ1) is 4.31. The standard InChI is InChI=1S/C6H10NO2/c1-3-9-6(8)4-5-7-2/h2H,3-5H2,1H3/q+1. The van der Waals surface area contributed by atoms with Gasteiger partial charge in [0.2, 0.25) is 0 Å². The van der Waals surface area contributed by atoms with E-state index in [2.05, 4.69) is 9.58 Å². The molecule has 0 aliphatic rings. The SMILES string of the molecule is C#[N+]CCC(=O)OCC. The van der Waals surface area contributed by atoms with Crippen LogP contribution in [0.3, 0.4) is 0 Å². The van der Waals surface area contributed by atoms with E-state index >= 15 is 0 Å². The van der Waals surface area contributed by atoms with E-state index in [9.17, 15) is 4.79 Å². The van der Waals surface area contributed by atoms with Gasteiger partial charge in [0.15, 0.2) is 0 Å². The molecule has 0 rings (SSSR count). The molecule has 0 saturated carbocycles. The average molecular weight is 128 g/mol. The monoisotopic (exact) mass is 128 g/mol. The second kappa shape index (κ2) is 5.10. The van der Waals surface area contributed by atoms with Crippen LogP contribution in [-0.2, 0) is 9.53 Å². The van der Waals surface area contributed by atoms with E-state index in [4.69, 9.17) is 6.57 Å². The van der Waals surface area contributed by atoms with Crippen LogP contribution in [0.4, 0.5) is 0 Å². The van der Waals surface area contributed by atoms with E-state index in [-0.39, 0.29) is 12.4 Å². The minimum Gasteiger partial charge on any atom is -0.466 e. The zero-order valence-electron chi connectivity index (χ0n) is 5.46. The lowest BCUT2D eigenvalue weighted by Crippen LogP contribution is -2.04. The first-order valence-electron chi connectivity index (χ1n) is 2.83. The van der Waals surface area contributed by atoms with Crippen molar-refractivity contribution < 1.29 is 9.53 Å². The van der Waals surface area contributed by atoms with E-state index in [0.717, 1.165) is 0 Å². The zero-order valence-corrected chi connectivity index (χ0v) is 5.46. The van der Waals surface area contributed by atoms with E-state index < -0.39 is 0 Å². The Hall–Kier alpha value is -1.04. The highest BCUT2D eigenvalue weighted by atomic mass is 16.5. The van der Waals surface area contributed by atoms with Crippen LogP contribution in [0.25, 0.3) is 4.85 Å². The van der Waals surface area contributed by atoms with Gasteiger partial charge < -0.3 is 4.74 Å². The number of nitrogens with zero attached hydrogens (tertiary/aromatic N) is 1. The maximum atomic E-state index is 10.5. The third kappa shape index (κ3) is 4.82. The molecule has 3 nitrogen and oxygen atoms in total. The maximum absolute atomic E-state index is 10.5. The Bertz CT molecular complexity index is 126. The topological polar surface area (TPSA) is 30.7 Å². The fourth-order valence-electron chi connectivity index (χ4n) is 0.389. The molecule has 0 fully saturated rings. The Balaban J connectivity index is 3.19. The number of esters is 1. The van der Waals surface area contributed by atoms with Gasteiger partial charge in [-0.2, -0.15) is 0 Å². The van der Waals surface area contributed by atoms with Gasteiger partial charge in [0, 0.05) is 0 Å². The molecule has 0 saturated heterocycles. The first kappa shape index (κ1) is 7.96. The van der Waals surface area contributed by atoms with Gasteiger partial charge in [0.05, 0.1) is 6.61 Å². The molecule has 0 amide bonds. The summed E-state index contributed by atoms with van der Waals surface area (Å²) in [5, 5.41) is 0. The van der Waals surface area contributed by atoms with Crippen molar-refractivity contribution in [3.8, 4) is 6.57 Å². The van der Waals surface area contributed by atoms with E-state index in [1.165, 1.54) is 0 Å². The molecule has 0 unspecified atom stereocenters. The van der Waals surface area contributed by atoms with Gasteiger partial charge in [0.1, 0.15) is 6.42 Å². The van der Waals surface area contributed by atoms with Crippen molar-refractivity contribution in [2.45, 2.75) is 13.3 Å². The van der Waals surface area contributed by atoms with Crippen LogP contribution < -0.4 is 0 Å². The van der Waals surface area contributed by atoms with E-state index in [1.54, 1.807) is 6.92 Å². The quantitative estimate of drug-likeness (QED) is 0.529. The van der Waals surface area contributed by atoms with Crippen molar-refractivity contribution in [1.29, 1.82) is 0 Å². The summed E-state index contributed by atoms with van der Waals surface area (Å²) in [5.74, 6) is -0.244. The van der Waals surface area contributed by atoms with E-state index in [1.807, 2.05) is 0 Å². The molecule has 9 heavy (non-hydrogen) atoms. The van der Waals surface area contributed by atoms with Gasteiger partial charge in [-0.15, -0.1) is 0 Å². The molecule has 0 aromatic carbocycles. The molecule has 0 aliphatic carbocycles. The fraction of sp³-hybridized carbons (Fsp3) is 0.667. The number of ether oxygens (including phenoxy) is 1. The summed E-state index contributed by atoms with van der Waals surface area (Å²) in [6.07, 6.45) is 0.282. The third-order valence-corrected chi connectivity index (χ3v) is 0.750. The van der Waals surface area contributed by atoms with Crippen molar-refractivity contribution in [3.05, 3.63) is 4.85 Å². The van der Waals surface area contributed by atoms with Gasteiger partial charge in [-0.3, -0.25) is 4.79 Å². The normalized spacial score (nSPS) is 8.00. The number of hydrogen-bond acceptors (Lipinski definition) is 2. The number of rotatable bonds is 3. The molecule has 0 aromatic rings. The molecule has 0 radical (unpaired) electrons. The first-order valence-corrected chi connectivity index (χ1v) is 2.83. The van der Waals surface area contributed by atoms with E-state index in [0.29, 0.717) is 13.2 Å². The van der Waals surface area contributed by atoms with Crippen LogP contribution in [0.15, 0.2) is 0 Å². The molecule has 0 heterocycles. The second-order valence-corrected chi connectivity index (χ2v) is 1.46. The smallest absolute Gasteiger partial charge is 0.313 e. The lowest BCUT2D eigenvalue weighted by Gasteiger charge is -1.93. The highest BCUT2D eigenvalue weighted by Gasteiger charge is 2.02. The Morgan fingerprint density at radius 1 is 1.78 bits per heavy atom. The van der Waals surface area contributed by atoms with Crippen LogP contribution in [-0.4, -0.2) is 19.1 Å². The highest BCUT2D eigenvalue weighted by Crippen LogP contribution is 1.85. The molecule has 0 N–H and O–H groups in total. The third-order valence-electron chi connectivity index (χ3n) is 0.750. The Kier molecular flexibility index (Phi) is 4.51. The molecule has 0 bridgehead atoms. The molecule has 0 atom stereocenters. The number of hydrogen-bond donors (Lipinski definition) is 0. The molecule has 0 aromatic heterocycles. The summed E-state index contributed by atoms with van der Waals surface area (Å²) in [6, 6.07) is 0. The van der Waals surface area contributed by atoms with Crippen LogP contribution >= 0.6 is 0 Å². The molecule has 50 valence electrons. The largest absolute Gasteiger partial charge is 0.466 e. The van der Waals surface area contributed by atoms with Gasteiger partial charge in [-0.1, -0.05) is 4.85 Å². The van der Waals surface area contributed by atoms with Gasteiger partial charge in [-0.25, -0.2) is 0 Å². The van der Waals surface area contributed by atoms with Crippen molar-refractivity contribution in [3.63, 3.8) is 0 Å². The summed E-state index contributed by atoms with van der Waals surface area (Å²) < 4.78 is 4.59. The summed E-state index contributed by atoms with van der Waals surface area (Å²) in [6.45, 7) is 7.32. The summed E-state index contributed by atoms with van der Waals surface area (Å²) in [7, 11) is 0. The minimum atomic E-state index is -0.244. The van der Waals surface area contributed by atoms with Gasteiger partial charge in [-0.05, 0) is 6.92 Å². The van der Waals surface area contributed by atoms with Gasteiger partial charge in [0.25, 0.3) is 13.1 Å². The molecule has 3 heteroatoms. The second-order valence-electron chi connectivity index (χ2n) is 1.46. The minimum absolute atomic E-state index is 0.244. The molecular formula is C6H10NO2+. The van der Waals surface area contributed by atoms with Crippen LogP contribution in [0, 0.1) is 6.57 Å². The Labute approximate surface area is 54.4 Å². The zero-order chi connectivity index (χ0) is 7.11. The van der Waals surface area contributed by atoms with Crippen molar-refractivity contribution >= 4 is 5.97 Å². The average Bonchev–Trinajstić information content (AvgIpc) is 1.85. The summed E-state index contributed by atoms with van der Waals surface area (Å²) in [4.78, 5) is 13.7. The molecule has 0 spiro atoms. The van der Waals surface area contributed by atoms with Crippen LogP contribution in [0.5, 0.6) is 0 Å². The highest BCUT2D eigenvalue weighted by molar-refractivity contribution is 5.69. The van der Waals surface area contributed by atoms with Crippen molar-refractivity contribution in [2.75, 3.05) is 13.2 Å². The van der Waals surface area contributed by atoms with Crippen molar-refractivity contribution in [2.24, 2.45) is 0 Å². The summed E-state index contributed by atoms with van der Waals surface area (Å²) >= 11 is 0. The van der Waals surface area contributed by atoms with Crippen LogP contribution in [0.1, 0.15) is 13.3 Å². The predicted octanol–water partition coefficient (Wildman–Crippen LogP) is 0.902. The fourth-order valence-corrected chi connectivity index (χ4v) is 0.389. The number of carbonyl (C=O) groups excluding carboxylic acids is 1. The van der Waals surface area contributed by atoms with Crippen LogP contribution in [0.2, 0.25) is 0 Å². The Morgan fingerprint density at radius 3 is 2.89 bits per heavy atom. The number of carbonyl (C=O) groups is 1. The van der Waals surface area contributed by atoms with Gasteiger partial charge >= 0.3 is 5.97 Å². The molecule has 0 aliphatic heterocycles. The summed E-state index contributed by atoms with van der Waals surface area (Å²) in [5.41, 5.74) is 0. The molecular weight excluding hydrogens is 118 g/mol. The Morgan fingerprint density at radius 2 is 2.44 bits per heavy atom. The van der Waals surface area contributed by atoms with Crippen molar-refractivity contribution in [1.82, 2.24) is 0 Å². The lowest BCUT2D eigenvalue weighted by molar-refractivity contribution is -0.142. The maximum Gasteiger partial charge on any atom is 0.313 e. The predicted molar refractivity (Wildman–Crippen MR) is 34.4 cm³/mol.